The van der Waals surface area contributed by atoms with Crippen LogP contribution < -0.4 is 10.6 Å². The summed E-state index contributed by atoms with van der Waals surface area (Å²) in [4.78, 5) is 27.3. The van der Waals surface area contributed by atoms with E-state index in [9.17, 15) is 9.59 Å². The van der Waals surface area contributed by atoms with Crippen molar-refractivity contribution in [3.63, 3.8) is 0 Å². The zero-order chi connectivity index (χ0) is 15.1. The van der Waals surface area contributed by atoms with Crippen molar-refractivity contribution in [3.05, 3.63) is 0 Å². The molecule has 2 saturated heterocycles. The van der Waals surface area contributed by atoms with Gasteiger partial charge in [-0.1, -0.05) is 0 Å². The summed E-state index contributed by atoms with van der Waals surface area (Å²) in [6.07, 6.45) is 2.30. The van der Waals surface area contributed by atoms with Crippen LogP contribution in [0.25, 0.3) is 0 Å². The van der Waals surface area contributed by atoms with E-state index in [1.807, 2.05) is 4.90 Å². The molecule has 0 aromatic heterocycles. The van der Waals surface area contributed by atoms with E-state index in [0.717, 1.165) is 64.7 Å². The van der Waals surface area contributed by atoms with E-state index in [-0.39, 0.29) is 18.5 Å². The van der Waals surface area contributed by atoms with Crippen LogP contribution in [-0.4, -0.2) is 81.3 Å². The lowest BCUT2D eigenvalue weighted by Crippen LogP contribution is -2.52. The fourth-order valence-electron chi connectivity index (χ4n) is 2.83. The maximum absolute atomic E-state index is 12.0. The molecule has 0 aliphatic carbocycles. The number of carbonyl (C=O) groups excluding carboxylic acids is 2. The first kappa shape index (κ1) is 16.0. The van der Waals surface area contributed by atoms with Gasteiger partial charge in [0.1, 0.15) is 0 Å². The number of nitrogens with zero attached hydrogens (tertiary/aromatic N) is 2. The molecule has 2 aliphatic heterocycles. The fraction of sp³-hybridized carbons (Fsp3) is 0.857. The third-order valence-corrected chi connectivity index (χ3v) is 4.21. The first-order chi connectivity index (χ1) is 10.2. The second-order valence-electron chi connectivity index (χ2n) is 5.67. The molecule has 0 aromatic carbocycles. The summed E-state index contributed by atoms with van der Waals surface area (Å²) in [5, 5.41) is 4.97. The van der Waals surface area contributed by atoms with Gasteiger partial charge in [0.25, 0.3) is 0 Å². The van der Waals surface area contributed by atoms with Gasteiger partial charge in [-0.25, -0.2) is 4.79 Å². The molecule has 0 aromatic rings. The summed E-state index contributed by atoms with van der Waals surface area (Å²) >= 11 is 0. The summed E-state index contributed by atoms with van der Waals surface area (Å²) in [6.45, 7) is 6.28. The molecular formula is C14H26N4O3. The first-order valence-electron chi connectivity index (χ1n) is 7.72. The van der Waals surface area contributed by atoms with Crippen molar-refractivity contribution in [3.8, 4) is 0 Å². The Kier molecular flexibility index (Phi) is 6.25. The average Bonchev–Trinajstić information content (AvgIpc) is 2.54. The number of piperazine rings is 1. The highest BCUT2D eigenvalue weighted by Crippen LogP contribution is 2.17. The summed E-state index contributed by atoms with van der Waals surface area (Å²) in [7, 11) is 1.54. The first-order valence-corrected chi connectivity index (χ1v) is 7.72. The molecule has 2 N–H and O–H groups in total. The third-order valence-electron chi connectivity index (χ3n) is 4.21. The molecule has 0 spiro atoms. The average molecular weight is 298 g/mol. The Labute approximate surface area is 126 Å². The molecule has 0 atom stereocenters. The highest BCUT2D eigenvalue weighted by molar-refractivity contribution is 5.83. The van der Waals surface area contributed by atoms with E-state index in [1.165, 1.54) is 7.05 Å². The van der Waals surface area contributed by atoms with Crippen molar-refractivity contribution < 1.29 is 14.3 Å². The molecule has 2 heterocycles. The number of rotatable bonds is 4. The van der Waals surface area contributed by atoms with Crippen molar-refractivity contribution in [2.75, 3.05) is 59.5 Å². The summed E-state index contributed by atoms with van der Waals surface area (Å²) < 4.78 is 5.38. The number of carbonyl (C=O) groups is 2. The van der Waals surface area contributed by atoms with Crippen LogP contribution >= 0.6 is 0 Å². The van der Waals surface area contributed by atoms with Crippen molar-refractivity contribution in [1.29, 1.82) is 0 Å². The maximum atomic E-state index is 12.0. The van der Waals surface area contributed by atoms with Crippen LogP contribution in [0.4, 0.5) is 4.79 Å². The van der Waals surface area contributed by atoms with Crippen LogP contribution in [0, 0.1) is 5.92 Å². The van der Waals surface area contributed by atoms with Crippen LogP contribution in [0.3, 0.4) is 0 Å². The number of amides is 3. The van der Waals surface area contributed by atoms with Crippen LogP contribution in [0.5, 0.6) is 0 Å². The van der Waals surface area contributed by atoms with Gasteiger partial charge in [-0.2, -0.15) is 0 Å². The molecule has 7 heteroatoms. The van der Waals surface area contributed by atoms with Crippen molar-refractivity contribution in [2.45, 2.75) is 12.8 Å². The molecule has 21 heavy (non-hydrogen) atoms. The van der Waals surface area contributed by atoms with E-state index in [1.54, 1.807) is 0 Å². The van der Waals surface area contributed by atoms with Crippen molar-refractivity contribution >= 4 is 11.9 Å². The predicted octanol–water partition coefficient (Wildman–Crippen LogP) is -0.514. The van der Waals surface area contributed by atoms with E-state index in [4.69, 9.17) is 4.74 Å². The summed E-state index contributed by atoms with van der Waals surface area (Å²) in [5.41, 5.74) is 0. The van der Waals surface area contributed by atoms with E-state index < -0.39 is 0 Å². The zero-order valence-electron chi connectivity index (χ0n) is 12.8. The van der Waals surface area contributed by atoms with Gasteiger partial charge in [-0.15, -0.1) is 0 Å². The van der Waals surface area contributed by atoms with Gasteiger partial charge in [0.15, 0.2) is 0 Å². The zero-order valence-corrected chi connectivity index (χ0v) is 12.8. The van der Waals surface area contributed by atoms with Crippen molar-refractivity contribution in [1.82, 2.24) is 20.4 Å². The summed E-state index contributed by atoms with van der Waals surface area (Å²) in [5.74, 6) is 0.722. The number of ether oxygens (including phenoxy) is 1. The molecule has 2 aliphatic rings. The smallest absolute Gasteiger partial charge is 0.314 e. The number of urea groups is 1. The Morgan fingerprint density at radius 3 is 2.43 bits per heavy atom. The second-order valence-corrected chi connectivity index (χ2v) is 5.67. The van der Waals surface area contributed by atoms with Gasteiger partial charge in [0, 0.05) is 53.0 Å². The number of nitrogens with one attached hydrogen (secondary N) is 2. The van der Waals surface area contributed by atoms with Crippen LogP contribution in [0.1, 0.15) is 12.8 Å². The molecule has 0 unspecified atom stereocenters. The molecule has 2 rings (SSSR count). The number of hydrogen-bond donors (Lipinski definition) is 2. The van der Waals surface area contributed by atoms with Crippen LogP contribution in [0.2, 0.25) is 0 Å². The lowest BCUT2D eigenvalue weighted by molar-refractivity contribution is -0.131. The van der Waals surface area contributed by atoms with Gasteiger partial charge < -0.3 is 20.3 Å². The van der Waals surface area contributed by atoms with Crippen LogP contribution in [0.15, 0.2) is 0 Å². The third kappa shape index (κ3) is 5.17. The quantitative estimate of drug-likeness (QED) is 0.733. The molecule has 3 amide bonds. The topological polar surface area (TPSA) is 73.9 Å². The molecule has 7 nitrogen and oxygen atoms in total. The monoisotopic (exact) mass is 298 g/mol. The highest BCUT2D eigenvalue weighted by Gasteiger charge is 2.24. The van der Waals surface area contributed by atoms with Gasteiger partial charge >= 0.3 is 6.03 Å². The Balaban J connectivity index is 1.65. The molecule has 120 valence electrons. The highest BCUT2D eigenvalue weighted by atomic mass is 16.5. The minimum absolute atomic E-state index is 0.00989. The van der Waals surface area contributed by atoms with Gasteiger partial charge in [0.05, 0.1) is 6.54 Å². The van der Waals surface area contributed by atoms with Gasteiger partial charge in [-0.05, 0) is 18.8 Å². The van der Waals surface area contributed by atoms with Crippen LogP contribution in [-0.2, 0) is 9.53 Å². The lowest BCUT2D eigenvalue weighted by Gasteiger charge is -2.37. The maximum Gasteiger partial charge on any atom is 0.314 e. The largest absolute Gasteiger partial charge is 0.381 e. The van der Waals surface area contributed by atoms with Gasteiger partial charge in [-0.3, -0.25) is 9.69 Å². The van der Waals surface area contributed by atoms with E-state index in [2.05, 4.69) is 15.5 Å². The van der Waals surface area contributed by atoms with Crippen molar-refractivity contribution in [2.24, 2.45) is 5.92 Å². The minimum atomic E-state index is -0.318. The molecule has 0 bridgehead atoms. The SMILES string of the molecule is CNC(=O)NCC(=O)N1CCN(CC2CCOCC2)CC1. The fourth-order valence-corrected chi connectivity index (χ4v) is 2.83. The predicted molar refractivity (Wildman–Crippen MR) is 79.0 cm³/mol. The number of hydrogen-bond acceptors (Lipinski definition) is 4. The Morgan fingerprint density at radius 1 is 1.14 bits per heavy atom. The molecular weight excluding hydrogens is 272 g/mol. The van der Waals surface area contributed by atoms with E-state index in [0.29, 0.717) is 0 Å². The Bertz CT molecular complexity index is 350. The Morgan fingerprint density at radius 2 is 1.81 bits per heavy atom. The Hall–Kier alpha value is -1.34. The lowest BCUT2D eigenvalue weighted by atomic mass is 9.99. The molecule has 2 fully saturated rings. The summed E-state index contributed by atoms with van der Waals surface area (Å²) in [6, 6.07) is -0.318. The van der Waals surface area contributed by atoms with E-state index >= 15 is 0 Å². The van der Waals surface area contributed by atoms with Gasteiger partial charge in [0.2, 0.25) is 5.91 Å². The minimum Gasteiger partial charge on any atom is -0.381 e. The standard InChI is InChI=1S/C14H26N4O3/c1-15-14(20)16-10-13(19)18-6-4-17(5-7-18)11-12-2-8-21-9-3-12/h12H,2-11H2,1H3,(H2,15,16,20). The molecule has 0 saturated carbocycles. The molecule has 0 radical (unpaired) electrons. The normalized spacial score (nSPS) is 21.1. The second kappa shape index (κ2) is 8.19.